The second-order valence-corrected chi connectivity index (χ2v) is 10.5. The fraction of sp³-hybridized carbons (Fsp3) is 0.714. The Hall–Kier alpha value is -1.16. The lowest BCUT2D eigenvalue weighted by atomic mass is 9.64. The SMILES string of the molecule is CC(C)c1csc(C2(C)CCC(C)(c3coc(C(C)(C)C)n3)CC2)n1. The third-order valence-electron chi connectivity index (χ3n) is 5.85. The molecule has 4 heteroatoms. The first-order valence-corrected chi connectivity index (χ1v) is 10.3. The fourth-order valence-electron chi connectivity index (χ4n) is 3.55. The summed E-state index contributed by atoms with van der Waals surface area (Å²) >= 11 is 1.84. The summed E-state index contributed by atoms with van der Waals surface area (Å²) in [5.41, 5.74) is 2.65. The van der Waals surface area contributed by atoms with Gasteiger partial charge in [-0.05, 0) is 31.6 Å². The summed E-state index contributed by atoms with van der Waals surface area (Å²) in [6.45, 7) is 15.6. The Kier molecular flexibility index (Phi) is 4.64. The van der Waals surface area contributed by atoms with E-state index in [4.69, 9.17) is 14.4 Å². The van der Waals surface area contributed by atoms with Gasteiger partial charge in [0.15, 0.2) is 5.89 Å². The van der Waals surface area contributed by atoms with Crippen molar-refractivity contribution in [1.82, 2.24) is 9.97 Å². The molecule has 0 aromatic carbocycles. The molecule has 0 spiro atoms. The first-order valence-electron chi connectivity index (χ1n) is 9.46. The van der Waals surface area contributed by atoms with E-state index in [1.807, 2.05) is 17.6 Å². The maximum Gasteiger partial charge on any atom is 0.199 e. The lowest BCUT2D eigenvalue weighted by Crippen LogP contribution is -2.36. The van der Waals surface area contributed by atoms with Crippen molar-refractivity contribution in [2.24, 2.45) is 0 Å². The highest BCUT2D eigenvalue weighted by Gasteiger charge is 2.42. The van der Waals surface area contributed by atoms with Crippen LogP contribution in [0.25, 0.3) is 0 Å². The molecule has 2 aromatic heterocycles. The van der Waals surface area contributed by atoms with E-state index in [1.165, 1.54) is 10.7 Å². The van der Waals surface area contributed by atoms with Gasteiger partial charge in [0.2, 0.25) is 0 Å². The van der Waals surface area contributed by atoms with Crippen molar-refractivity contribution >= 4 is 11.3 Å². The molecule has 0 N–H and O–H groups in total. The van der Waals surface area contributed by atoms with Crippen molar-refractivity contribution in [3.05, 3.63) is 33.9 Å². The van der Waals surface area contributed by atoms with Gasteiger partial charge in [-0.3, -0.25) is 0 Å². The first kappa shape index (κ1) is 18.6. The Morgan fingerprint density at radius 2 is 1.64 bits per heavy atom. The third kappa shape index (κ3) is 3.55. The summed E-state index contributed by atoms with van der Waals surface area (Å²) < 4.78 is 5.79. The van der Waals surface area contributed by atoms with Crippen molar-refractivity contribution in [3.63, 3.8) is 0 Å². The topological polar surface area (TPSA) is 38.9 Å². The average Bonchev–Trinajstić information content (AvgIpc) is 3.19. The number of thiazole rings is 1. The van der Waals surface area contributed by atoms with Crippen LogP contribution < -0.4 is 0 Å². The van der Waals surface area contributed by atoms with Crippen LogP contribution in [0, 0.1) is 0 Å². The molecule has 1 saturated carbocycles. The number of nitrogens with zero attached hydrogens (tertiary/aromatic N) is 2. The van der Waals surface area contributed by atoms with Crippen LogP contribution in [-0.2, 0) is 16.2 Å². The quantitative estimate of drug-likeness (QED) is 0.641. The normalized spacial score (nSPS) is 27.8. The molecule has 1 fully saturated rings. The van der Waals surface area contributed by atoms with Crippen molar-refractivity contribution < 1.29 is 4.42 Å². The Balaban J connectivity index is 1.76. The van der Waals surface area contributed by atoms with Gasteiger partial charge in [-0.1, -0.05) is 48.5 Å². The van der Waals surface area contributed by atoms with Crippen LogP contribution in [0.1, 0.15) is 102 Å². The Morgan fingerprint density at radius 3 is 2.12 bits per heavy atom. The van der Waals surface area contributed by atoms with Crippen molar-refractivity contribution in [2.45, 2.75) is 96.3 Å². The predicted molar refractivity (Wildman–Crippen MR) is 105 cm³/mol. The molecule has 0 amide bonds. The molecule has 1 aliphatic carbocycles. The molecule has 0 aliphatic heterocycles. The molecule has 25 heavy (non-hydrogen) atoms. The molecular formula is C21H32N2OS. The van der Waals surface area contributed by atoms with E-state index < -0.39 is 0 Å². The second kappa shape index (κ2) is 6.22. The van der Waals surface area contributed by atoms with Gasteiger partial charge in [-0.15, -0.1) is 11.3 Å². The highest BCUT2D eigenvalue weighted by molar-refractivity contribution is 7.09. The van der Waals surface area contributed by atoms with Crippen molar-refractivity contribution in [2.75, 3.05) is 0 Å². The molecule has 0 atom stereocenters. The van der Waals surface area contributed by atoms with Gasteiger partial charge < -0.3 is 4.42 Å². The molecule has 2 aromatic rings. The Bertz CT molecular complexity index is 727. The van der Waals surface area contributed by atoms with Gasteiger partial charge in [0.1, 0.15) is 6.26 Å². The van der Waals surface area contributed by atoms with E-state index in [2.05, 4.69) is 53.8 Å². The zero-order valence-electron chi connectivity index (χ0n) is 16.8. The molecular weight excluding hydrogens is 328 g/mol. The summed E-state index contributed by atoms with van der Waals surface area (Å²) in [7, 11) is 0. The Labute approximate surface area is 156 Å². The van der Waals surface area contributed by atoms with Crippen LogP contribution in [0.2, 0.25) is 0 Å². The summed E-state index contributed by atoms with van der Waals surface area (Å²) in [6, 6.07) is 0. The molecule has 0 radical (unpaired) electrons. The molecule has 138 valence electrons. The number of aromatic nitrogens is 2. The van der Waals surface area contributed by atoms with Gasteiger partial charge in [0.05, 0.1) is 16.4 Å². The minimum atomic E-state index is -0.0358. The lowest BCUT2D eigenvalue weighted by molar-refractivity contribution is 0.219. The Morgan fingerprint density at radius 1 is 1.04 bits per heavy atom. The maximum absolute atomic E-state index is 5.79. The van der Waals surface area contributed by atoms with Crippen LogP contribution >= 0.6 is 11.3 Å². The molecule has 1 aliphatic rings. The zero-order chi connectivity index (χ0) is 18.5. The summed E-state index contributed by atoms with van der Waals surface area (Å²) in [4.78, 5) is 9.79. The number of hydrogen-bond donors (Lipinski definition) is 0. The molecule has 0 unspecified atom stereocenters. The fourth-order valence-corrected chi connectivity index (χ4v) is 4.75. The van der Waals surface area contributed by atoms with Crippen LogP contribution in [0.5, 0.6) is 0 Å². The molecule has 0 bridgehead atoms. The van der Waals surface area contributed by atoms with Gasteiger partial charge in [-0.2, -0.15) is 0 Å². The maximum atomic E-state index is 5.79. The lowest BCUT2D eigenvalue weighted by Gasteiger charge is -2.41. The smallest absolute Gasteiger partial charge is 0.199 e. The standard InChI is InChI=1S/C21H32N2OS/c1-14(2)15-13-25-18(22-15)21(7)10-8-20(6,9-11-21)16-12-24-17(23-16)19(3,4)5/h12-14H,8-11H2,1-7H3. The van der Waals surface area contributed by atoms with E-state index >= 15 is 0 Å². The van der Waals surface area contributed by atoms with Crippen LogP contribution in [0.3, 0.4) is 0 Å². The van der Waals surface area contributed by atoms with Gasteiger partial charge >= 0.3 is 0 Å². The molecule has 0 saturated heterocycles. The van der Waals surface area contributed by atoms with Gasteiger partial charge in [-0.25, -0.2) is 9.97 Å². The number of rotatable bonds is 3. The van der Waals surface area contributed by atoms with Gasteiger partial charge in [0.25, 0.3) is 0 Å². The monoisotopic (exact) mass is 360 g/mol. The summed E-state index contributed by atoms with van der Waals surface area (Å²) in [5, 5.41) is 3.56. The molecule has 3 rings (SSSR count). The van der Waals surface area contributed by atoms with Crippen LogP contribution in [0.15, 0.2) is 16.1 Å². The number of oxazole rings is 1. The largest absolute Gasteiger partial charge is 0.448 e. The van der Waals surface area contributed by atoms with Gasteiger partial charge in [0, 0.05) is 21.6 Å². The van der Waals surface area contributed by atoms with E-state index in [9.17, 15) is 0 Å². The van der Waals surface area contributed by atoms with E-state index in [0.717, 1.165) is 37.3 Å². The van der Waals surface area contributed by atoms with Crippen LogP contribution in [0.4, 0.5) is 0 Å². The third-order valence-corrected chi connectivity index (χ3v) is 7.02. The minimum absolute atomic E-state index is 0.0358. The molecule has 3 nitrogen and oxygen atoms in total. The highest BCUT2D eigenvalue weighted by Crippen LogP contribution is 2.48. The van der Waals surface area contributed by atoms with E-state index in [1.54, 1.807) is 0 Å². The van der Waals surface area contributed by atoms with Crippen molar-refractivity contribution in [3.8, 4) is 0 Å². The number of hydrogen-bond acceptors (Lipinski definition) is 4. The summed E-state index contributed by atoms with van der Waals surface area (Å²) in [5.74, 6) is 1.35. The van der Waals surface area contributed by atoms with E-state index in [0.29, 0.717) is 5.92 Å². The predicted octanol–water partition coefficient (Wildman–Crippen LogP) is 6.34. The van der Waals surface area contributed by atoms with Crippen molar-refractivity contribution in [1.29, 1.82) is 0 Å². The van der Waals surface area contributed by atoms with E-state index in [-0.39, 0.29) is 16.2 Å². The zero-order valence-corrected chi connectivity index (χ0v) is 17.6. The average molecular weight is 361 g/mol. The molecule has 2 heterocycles. The second-order valence-electron chi connectivity index (χ2n) is 9.64. The highest BCUT2D eigenvalue weighted by atomic mass is 32.1. The van der Waals surface area contributed by atoms with Crippen LogP contribution in [-0.4, -0.2) is 9.97 Å². The first-order chi connectivity index (χ1) is 11.5. The summed E-state index contributed by atoms with van der Waals surface area (Å²) in [6.07, 6.45) is 6.48. The minimum Gasteiger partial charge on any atom is -0.448 e.